The molecule has 1 aromatic heterocycles. The number of aromatic nitrogens is 2. The summed E-state index contributed by atoms with van der Waals surface area (Å²) in [5.74, 6) is 0.642. The SMILES string of the molecule is Cn1cc(C2CC2C(=O)NCC(c2ccccc2)N2CCCC2)cn1. The number of hydrogen-bond donors (Lipinski definition) is 1. The first-order chi connectivity index (χ1) is 12.2. The van der Waals surface area contributed by atoms with Crippen LogP contribution in [0.5, 0.6) is 0 Å². The average Bonchev–Trinajstić information content (AvgIpc) is 3.02. The van der Waals surface area contributed by atoms with E-state index in [4.69, 9.17) is 0 Å². The van der Waals surface area contributed by atoms with Gasteiger partial charge < -0.3 is 5.32 Å². The lowest BCUT2D eigenvalue weighted by Crippen LogP contribution is -2.37. The van der Waals surface area contributed by atoms with Crippen molar-refractivity contribution in [3.05, 3.63) is 53.9 Å². The standard InChI is InChI=1S/C20H26N4O/c1-23-14-16(12-22-23)17-11-18(17)20(25)21-13-19(24-9-5-6-10-24)15-7-3-2-4-8-15/h2-4,7-8,12,14,17-19H,5-6,9-11,13H2,1H3,(H,21,25). The maximum Gasteiger partial charge on any atom is 0.223 e. The quantitative estimate of drug-likeness (QED) is 0.880. The molecular formula is C20H26N4O. The van der Waals surface area contributed by atoms with Crippen LogP contribution in [0, 0.1) is 5.92 Å². The molecule has 1 aliphatic carbocycles. The van der Waals surface area contributed by atoms with E-state index in [1.165, 1.54) is 24.0 Å². The summed E-state index contributed by atoms with van der Waals surface area (Å²) in [6.45, 7) is 2.94. The molecule has 0 bridgehead atoms. The summed E-state index contributed by atoms with van der Waals surface area (Å²) in [6.07, 6.45) is 7.35. The van der Waals surface area contributed by atoms with Crippen LogP contribution in [0.2, 0.25) is 0 Å². The second kappa shape index (κ2) is 7.00. The first-order valence-electron chi connectivity index (χ1n) is 9.27. The zero-order valence-corrected chi connectivity index (χ0v) is 14.8. The van der Waals surface area contributed by atoms with Crippen LogP contribution in [0.15, 0.2) is 42.7 Å². The molecule has 4 rings (SSSR count). The molecule has 0 spiro atoms. The Morgan fingerprint density at radius 3 is 2.72 bits per heavy atom. The van der Waals surface area contributed by atoms with Gasteiger partial charge in [-0.2, -0.15) is 5.10 Å². The summed E-state index contributed by atoms with van der Waals surface area (Å²) in [5.41, 5.74) is 2.48. The molecule has 2 heterocycles. The minimum atomic E-state index is 0.110. The first kappa shape index (κ1) is 16.3. The van der Waals surface area contributed by atoms with Gasteiger partial charge in [-0.15, -0.1) is 0 Å². The highest BCUT2D eigenvalue weighted by Crippen LogP contribution is 2.47. The Balaban J connectivity index is 1.37. The number of likely N-dealkylation sites (tertiary alicyclic amines) is 1. The summed E-state index contributed by atoms with van der Waals surface area (Å²) in [5, 5.41) is 7.43. The van der Waals surface area contributed by atoms with E-state index >= 15 is 0 Å². The summed E-state index contributed by atoms with van der Waals surface area (Å²) in [7, 11) is 1.92. The van der Waals surface area contributed by atoms with Crippen LogP contribution < -0.4 is 5.32 Å². The Morgan fingerprint density at radius 1 is 1.28 bits per heavy atom. The zero-order valence-electron chi connectivity index (χ0n) is 14.8. The third-order valence-electron chi connectivity index (χ3n) is 5.52. The van der Waals surface area contributed by atoms with Gasteiger partial charge in [-0.25, -0.2) is 0 Å². The van der Waals surface area contributed by atoms with Crippen LogP contribution in [0.1, 0.15) is 42.3 Å². The highest BCUT2D eigenvalue weighted by Gasteiger charge is 2.44. The molecular weight excluding hydrogens is 312 g/mol. The van der Waals surface area contributed by atoms with Gasteiger partial charge in [-0.05, 0) is 49.4 Å². The van der Waals surface area contributed by atoms with Gasteiger partial charge in [-0.1, -0.05) is 30.3 Å². The van der Waals surface area contributed by atoms with Crippen molar-refractivity contribution < 1.29 is 4.79 Å². The van der Waals surface area contributed by atoms with Gasteiger partial charge in [0.1, 0.15) is 0 Å². The lowest BCUT2D eigenvalue weighted by atomic mass is 10.1. The van der Waals surface area contributed by atoms with Crippen LogP contribution >= 0.6 is 0 Å². The van der Waals surface area contributed by atoms with E-state index in [2.05, 4.69) is 39.6 Å². The third-order valence-corrected chi connectivity index (χ3v) is 5.52. The summed E-state index contributed by atoms with van der Waals surface area (Å²) >= 11 is 0. The predicted molar refractivity (Wildman–Crippen MR) is 97.1 cm³/mol. The molecule has 1 N–H and O–H groups in total. The minimum absolute atomic E-state index is 0.110. The van der Waals surface area contributed by atoms with Gasteiger partial charge in [-0.3, -0.25) is 14.4 Å². The topological polar surface area (TPSA) is 50.2 Å². The number of aryl methyl sites for hydroxylation is 1. The Kier molecular flexibility index (Phi) is 4.57. The molecule has 2 aromatic rings. The van der Waals surface area contributed by atoms with Crippen LogP contribution in [0.25, 0.3) is 0 Å². The predicted octanol–water partition coefficient (Wildman–Crippen LogP) is 2.48. The molecule has 5 heteroatoms. The van der Waals surface area contributed by atoms with E-state index in [0.717, 1.165) is 19.5 Å². The lowest BCUT2D eigenvalue weighted by Gasteiger charge is -2.28. The molecule has 2 fully saturated rings. The largest absolute Gasteiger partial charge is 0.354 e. The van der Waals surface area contributed by atoms with Gasteiger partial charge in [0.05, 0.1) is 12.2 Å². The zero-order chi connectivity index (χ0) is 17.2. The second-order valence-corrected chi connectivity index (χ2v) is 7.31. The van der Waals surface area contributed by atoms with Crippen molar-refractivity contribution in [3.8, 4) is 0 Å². The number of benzene rings is 1. The van der Waals surface area contributed by atoms with E-state index in [0.29, 0.717) is 12.5 Å². The van der Waals surface area contributed by atoms with E-state index < -0.39 is 0 Å². The molecule has 3 unspecified atom stereocenters. The molecule has 25 heavy (non-hydrogen) atoms. The molecule has 3 atom stereocenters. The van der Waals surface area contributed by atoms with Gasteiger partial charge >= 0.3 is 0 Å². The minimum Gasteiger partial charge on any atom is -0.354 e. The fraction of sp³-hybridized carbons (Fsp3) is 0.500. The van der Waals surface area contributed by atoms with Crippen LogP contribution in [-0.2, 0) is 11.8 Å². The number of carbonyl (C=O) groups is 1. The van der Waals surface area contributed by atoms with E-state index in [1.54, 1.807) is 4.68 Å². The van der Waals surface area contributed by atoms with Crippen molar-refractivity contribution in [3.63, 3.8) is 0 Å². The molecule has 1 saturated heterocycles. The summed E-state index contributed by atoms with van der Waals surface area (Å²) in [6, 6.07) is 10.8. The average molecular weight is 338 g/mol. The van der Waals surface area contributed by atoms with Crippen LogP contribution in [0.3, 0.4) is 0 Å². The Labute approximate surface area is 149 Å². The van der Waals surface area contributed by atoms with E-state index in [9.17, 15) is 4.79 Å². The molecule has 1 aromatic carbocycles. The van der Waals surface area contributed by atoms with Crippen molar-refractivity contribution >= 4 is 5.91 Å². The highest BCUT2D eigenvalue weighted by molar-refractivity contribution is 5.82. The highest BCUT2D eigenvalue weighted by atomic mass is 16.2. The van der Waals surface area contributed by atoms with Crippen molar-refractivity contribution in [1.29, 1.82) is 0 Å². The van der Waals surface area contributed by atoms with Crippen LogP contribution in [0.4, 0.5) is 0 Å². The van der Waals surface area contributed by atoms with Gasteiger partial charge in [0, 0.05) is 25.7 Å². The number of rotatable bonds is 6. The molecule has 5 nitrogen and oxygen atoms in total. The number of nitrogens with one attached hydrogen (secondary N) is 1. The van der Waals surface area contributed by atoms with Gasteiger partial charge in [0.25, 0.3) is 0 Å². The lowest BCUT2D eigenvalue weighted by molar-refractivity contribution is -0.122. The van der Waals surface area contributed by atoms with Crippen molar-refractivity contribution in [1.82, 2.24) is 20.0 Å². The van der Waals surface area contributed by atoms with E-state index in [-0.39, 0.29) is 17.9 Å². The maximum atomic E-state index is 12.6. The normalized spacial score (nSPS) is 24.2. The monoisotopic (exact) mass is 338 g/mol. The molecule has 0 radical (unpaired) electrons. The fourth-order valence-corrected chi connectivity index (χ4v) is 4.00. The van der Waals surface area contributed by atoms with Crippen molar-refractivity contribution in [2.75, 3.05) is 19.6 Å². The molecule has 1 saturated carbocycles. The second-order valence-electron chi connectivity index (χ2n) is 7.31. The summed E-state index contributed by atoms with van der Waals surface area (Å²) in [4.78, 5) is 15.1. The maximum absolute atomic E-state index is 12.6. The van der Waals surface area contributed by atoms with Crippen molar-refractivity contribution in [2.45, 2.75) is 31.2 Å². The van der Waals surface area contributed by atoms with Gasteiger partial charge in [0.2, 0.25) is 5.91 Å². The van der Waals surface area contributed by atoms with Crippen molar-refractivity contribution in [2.24, 2.45) is 13.0 Å². The number of nitrogens with zero attached hydrogens (tertiary/aromatic N) is 3. The first-order valence-corrected chi connectivity index (χ1v) is 9.27. The molecule has 2 aliphatic rings. The Bertz CT molecular complexity index is 720. The number of amides is 1. The van der Waals surface area contributed by atoms with Gasteiger partial charge in [0.15, 0.2) is 0 Å². The van der Waals surface area contributed by atoms with Crippen LogP contribution in [-0.4, -0.2) is 40.2 Å². The Hall–Kier alpha value is -2.14. The molecule has 1 amide bonds. The third kappa shape index (κ3) is 3.61. The molecule has 132 valence electrons. The van der Waals surface area contributed by atoms with E-state index in [1.807, 2.05) is 25.5 Å². The Morgan fingerprint density at radius 2 is 2.04 bits per heavy atom. The molecule has 1 aliphatic heterocycles. The number of hydrogen-bond acceptors (Lipinski definition) is 3. The summed E-state index contributed by atoms with van der Waals surface area (Å²) < 4.78 is 1.81. The smallest absolute Gasteiger partial charge is 0.223 e. The fourth-order valence-electron chi connectivity index (χ4n) is 4.00. The number of carbonyl (C=O) groups excluding carboxylic acids is 1.